The second-order valence-corrected chi connectivity index (χ2v) is 3.52. The van der Waals surface area contributed by atoms with Crippen molar-refractivity contribution in [1.82, 2.24) is 4.98 Å². The van der Waals surface area contributed by atoms with Crippen LogP contribution in [-0.4, -0.2) is 11.1 Å². The zero-order valence-electron chi connectivity index (χ0n) is 7.29. The van der Waals surface area contributed by atoms with E-state index in [1.165, 1.54) is 18.2 Å². The van der Waals surface area contributed by atoms with Gasteiger partial charge in [0.05, 0.1) is 11.6 Å². The van der Waals surface area contributed by atoms with E-state index in [0.29, 0.717) is 6.10 Å². The van der Waals surface area contributed by atoms with Gasteiger partial charge in [-0.1, -0.05) is 12.1 Å². The molecule has 2 heteroatoms. The predicted octanol–water partition coefficient (Wildman–Crippen LogP) is 2.71. The zero-order valence-corrected chi connectivity index (χ0v) is 7.29. The first-order valence-electron chi connectivity index (χ1n) is 4.66. The molecule has 3 rings (SSSR count). The maximum Gasteiger partial charge on any atom is 0.143 e. The number of hydrogen-bond donors (Lipinski definition) is 1. The molecule has 2 nitrogen and oxygen atoms in total. The van der Waals surface area contributed by atoms with Crippen molar-refractivity contribution in [2.75, 3.05) is 0 Å². The molecule has 13 heavy (non-hydrogen) atoms. The summed E-state index contributed by atoms with van der Waals surface area (Å²) in [6.07, 6.45) is 4.83. The fourth-order valence-electron chi connectivity index (χ4n) is 1.52. The Hall–Kier alpha value is -1.44. The molecule has 1 aromatic carbocycles. The number of hydrogen-bond acceptors (Lipinski definition) is 1. The molecule has 1 fully saturated rings. The Labute approximate surface area is 76.5 Å². The molecule has 0 aliphatic heterocycles. The summed E-state index contributed by atoms with van der Waals surface area (Å²) in [6, 6.07) is 8.21. The van der Waals surface area contributed by atoms with Crippen LogP contribution in [0.4, 0.5) is 0 Å². The average molecular weight is 173 g/mol. The number of aromatic nitrogens is 1. The number of para-hydroxylation sites is 1. The minimum absolute atomic E-state index is 0.467. The summed E-state index contributed by atoms with van der Waals surface area (Å²) in [5, 5.41) is 1.22. The van der Waals surface area contributed by atoms with Gasteiger partial charge in [0.15, 0.2) is 0 Å². The van der Waals surface area contributed by atoms with Crippen LogP contribution in [0.2, 0.25) is 0 Å². The lowest BCUT2D eigenvalue weighted by Gasteiger charge is -2.04. The predicted molar refractivity (Wildman–Crippen MR) is 51.9 cm³/mol. The molecule has 1 saturated carbocycles. The van der Waals surface area contributed by atoms with Crippen molar-refractivity contribution in [1.29, 1.82) is 0 Å². The van der Waals surface area contributed by atoms with Crippen LogP contribution < -0.4 is 4.74 Å². The molecule has 0 spiro atoms. The first kappa shape index (κ1) is 7.01. The summed E-state index contributed by atoms with van der Waals surface area (Å²) in [7, 11) is 0. The van der Waals surface area contributed by atoms with Gasteiger partial charge in [0.2, 0.25) is 0 Å². The van der Waals surface area contributed by atoms with E-state index in [1.807, 2.05) is 18.3 Å². The van der Waals surface area contributed by atoms with Gasteiger partial charge in [-0.25, -0.2) is 0 Å². The molecule has 0 bridgehead atoms. The summed E-state index contributed by atoms with van der Waals surface area (Å²) in [5.74, 6) is 0.991. The van der Waals surface area contributed by atoms with Crippen LogP contribution in [0.3, 0.4) is 0 Å². The highest BCUT2D eigenvalue weighted by Gasteiger charge is 2.24. The maximum absolute atomic E-state index is 5.77. The van der Waals surface area contributed by atoms with Gasteiger partial charge in [0.1, 0.15) is 5.75 Å². The normalized spacial score (nSPS) is 16.3. The second-order valence-electron chi connectivity index (χ2n) is 3.52. The smallest absolute Gasteiger partial charge is 0.143 e. The lowest BCUT2D eigenvalue weighted by molar-refractivity contribution is 0.306. The summed E-state index contributed by atoms with van der Waals surface area (Å²) in [5.41, 5.74) is 1.12. The zero-order chi connectivity index (χ0) is 8.67. The van der Waals surface area contributed by atoms with Crippen LogP contribution in [0.25, 0.3) is 10.9 Å². The van der Waals surface area contributed by atoms with Crippen molar-refractivity contribution in [2.45, 2.75) is 18.9 Å². The van der Waals surface area contributed by atoms with E-state index in [0.717, 1.165) is 11.3 Å². The lowest BCUT2D eigenvalue weighted by Crippen LogP contribution is -1.95. The van der Waals surface area contributed by atoms with Crippen molar-refractivity contribution >= 4 is 10.9 Å². The molecule has 1 aromatic heterocycles. The summed E-state index contributed by atoms with van der Waals surface area (Å²) in [6.45, 7) is 0. The number of fused-ring (bicyclic) bond motifs is 1. The minimum Gasteiger partial charge on any atom is -0.488 e. The lowest BCUT2D eigenvalue weighted by atomic mass is 10.2. The minimum atomic E-state index is 0.467. The van der Waals surface area contributed by atoms with Crippen molar-refractivity contribution < 1.29 is 4.74 Å². The number of nitrogens with one attached hydrogen (secondary N) is 1. The van der Waals surface area contributed by atoms with E-state index in [9.17, 15) is 0 Å². The highest BCUT2D eigenvalue weighted by Crippen LogP contribution is 2.31. The molecule has 2 aromatic rings. The Morgan fingerprint density at radius 3 is 3.00 bits per heavy atom. The Balaban J connectivity index is 2.09. The molecule has 0 amide bonds. The molecule has 1 aliphatic carbocycles. The topological polar surface area (TPSA) is 25.0 Å². The average Bonchev–Trinajstić information content (AvgIpc) is 2.83. The molecule has 0 saturated heterocycles. The molecule has 0 unspecified atom stereocenters. The molecule has 1 heterocycles. The Morgan fingerprint density at radius 2 is 2.15 bits per heavy atom. The first-order valence-corrected chi connectivity index (χ1v) is 4.66. The van der Waals surface area contributed by atoms with E-state index in [2.05, 4.69) is 17.1 Å². The summed E-state index contributed by atoms with van der Waals surface area (Å²) in [4.78, 5) is 3.20. The van der Waals surface area contributed by atoms with Crippen LogP contribution >= 0.6 is 0 Å². The second kappa shape index (κ2) is 2.52. The van der Waals surface area contributed by atoms with Gasteiger partial charge in [0.25, 0.3) is 0 Å². The number of rotatable bonds is 2. The maximum atomic E-state index is 5.77. The number of benzene rings is 1. The van der Waals surface area contributed by atoms with Crippen LogP contribution in [0.1, 0.15) is 12.8 Å². The van der Waals surface area contributed by atoms with Gasteiger partial charge in [0, 0.05) is 11.6 Å². The van der Waals surface area contributed by atoms with E-state index in [1.54, 1.807) is 0 Å². The van der Waals surface area contributed by atoms with Gasteiger partial charge in [-0.15, -0.1) is 0 Å². The molecule has 0 radical (unpaired) electrons. The monoisotopic (exact) mass is 173 g/mol. The van der Waals surface area contributed by atoms with Crippen molar-refractivity contribution in [3.8, 4) is 5.75 Å². The third kappa shape index (κ3) is 1.18. The number of H-pyrrole nitrogens is 1. The molecule has 0 atom stereocenters. The summed E-state index contributed by atoms with van der Waals surface area (Å²) >= 11 is 0. The summed E-state index contributed by atoms with van der Waals surface area (Å²) < 4.78 is 5.77. The SMILES string of the molecule is c1cc(OC2CC2)c2[nH]ccc2c1. The highest BCUT2D eigenvalue weighted by molar-refractivity contribution is 5.85. The van der Waals surface area contributed by atoms with Crippen LogP contribution in [0.15, 0.2) is 30.5 Å². The van der Waals surface area contributed by atoms with Gasteiger partial charge in [-0.2, -0.15) is 0 Å². The molecular weight excluding hydrogens is 162 g/mol. The fraction of sp³-hybridized carbons (Fsp3) is 0.273. The van der Waals surface area contributed by atoms with Gasteiger partial charge < -0.3 is 9.72 Å². The molecule has 1 aliphatic rings. The van der Waals surface area contributed by atoms with E-state index in [-0.39, 0.29) is 0 Å². The largest absolute Gasteiger partial charge is 0.488 e. The van der Waals surface area contributed by atoms with Gasteiger partial charge >= 0.3 is 0 Å². The van der Waals surface area contributed by atoms with Crippen LogP contribution in [-0.2, 0) is 0 Å². The molecule has 1 N–H and O–H groups in total. The van der Waals surface area contributed by atoms with E-state index >= 15 is 0 Å². The standard InChI is InChI=1S/C11H11NO/c1-2-8-6-7-12-11(8)10(3-1)13-9-4-5-9/h1-3,6-7,9,12H,4-5H2. The Morgan fingerprint density at radius 1 is 1.23 bits per heavy atom. The van der Waals surface area contributed by atoms with E-state index < -0.39 is 0 Å². The number of aromatic amines is 1. The fourth-order valence-corrected chi connectivity index (χ4v) is 1.52. The first-order chi connectivity index (χ1) is 6.43. The van der Waals surface area contributed by atoms with Crippen molar-refractivity contribution in [2.24, 2.45) is 0 Å². The van der Waals surface area contributed by atoms with Crippen LogP contribution in [0, 0.1) is 0 Å². The third-order valence-electron chi connectivity index (χ3n) is 2.37. The number of ether oxygens (including phenoxy) is 1. The van der Waals surface area contributed by atoms with E-state index in [4.69, 9.17) is 4.74 Å². The highest BCUT2D eigenvalue weighted by atomic mass is 16.5. The van der Waals surface area contributed by atoms with Crippen LogP contribution in [0.5, 0.6) is 5.75 Å². The molecular formula is C11H11NO. The van der Waals surface area contributed by atoms with Crippen molar-refractivity contribution in [3.63, 3.8) is 0 Å². The Kier molecular flexibility index (Phi) is 1.36. The molecule has 66 valence electrons. The van der Waals surface area contributed by atoms with Gasteiger partial charge in [-0.3, -0.25) is 0 Å². The Bertz CT molecular complexity index is 428. The quantitative estimate of drug-likeness (QED) is 0.742. The van der Waals surface area contributed by atoms with Gasteiger partial charge in [-0.05, 0) is 25.0 Å². The third-order valence-corrected chi connectivity index (χ3v) is 2.37. The van der Waals surface area contributed by atoms with Crippen molar-refractivity contribution in [3.05, 3.63) is 30.5 Å².